The van der Waals surface area contributed by atoms with Gasteiger partial charge in [-0.15, -0.1) is 0 Å². The number of rotatable bonds is 15. The molecule has 0 bridgehead atoms. The number of hydrogen-bond donors (Lipinski definition) is 1. The summed E-state index contributed by atoms with van der Waals surface area (Å²) in [6.45, 7) is 4.02. The maximum atomic E-state index is 14.6. The second kappa shape index (κ2) is 16.3. The lowest BCUT2D eigenvalue weighted by Gasteiger charge is -2.34. The van der Waals surface area contributed by atoms with Crippen molar-refractivity contribution >= 4 is 39.1 Å². The van der Waals surface area contributed by atoms with Gasteiger partial charge in [-0.1, -0.05) is 111 Å². The normalized spacial score (nSPS) is 11.9. The van der Waals surface area contributed by atoms with Crippen molar-refractivity contribution in [3.63, 3.8) is 0 Å². The summed E-state index contributed by atoms with van der Waals surface area (Å²) < 4.78 is 29.5. The first kappa shape index (κ1) is 33.7. The van der Waals surface area contributed by atoms with Crippen molar-refractivity contribution in [3.8, 4) is 0 Å². The van der Waals surface area contributed by atoms with Crippen LogP contribution < -0.4 is 9.62 Å². The number of anilines is 1. The molecule has 2 amide bonds. The van der Waals surface area contributed by atoms with Crippen LogP contribution in [0.4, 0.5) is 5.69 Å². The third-order valence-electron chi connectivity index (χ3n) is 7.59. The first-order valence-electron chi connectivity index (χ1n) is 15.3. The molecule has 0 aliphatic heterocycles. The van der Waals surface area contributed by atoms with Crippen LogP contribution in [0.15, 0.2) is 114 Å². The smallest absolute Gasteiger partial charge is 0.264 e. The highest BCUT2D eigenvalue weighted by molar-refractivity contribution is 7.92. The number of para-hydroxylation sites is 1. The summed E-state index contributed by atoms with van der Waals surface area (Å²) in [4.78, 5) is 30.0. The molecule has 0 aliphatic rings. The van der Waals surface area contributed by atoms with Crippen molar-refractivity contribution in [1.82, 2.24) is 10.2 Å². The number of amides is 2. The molecule has 0 fully saturated rings. The van der Waals surface area contributed by atoms with E-state index in [2.05, 4.69) is 5.32 Å². The standard InChI is InChI=1S/C36H40ClN3O4S/c1-3-5-23-38-36(42)34(25-28-15-8-6-9-16-28)39(26-29-17-14-19-31(37)24-29)35(41)27-40(33-22-13-12-18-30(33)4-2)45(43,44)32-20-10-7-11-21-32/h6-22,24,34H,3-5,23,25-27H2,1-2H3,(H,38,42). The summed E-state index contributed by atoms with van der Waals surface area (Å²) in [5.74, 6) is -0.805. The number of carbonyl (C=O) groups is 2. The Kier molecular flexibility index (Phi) is 12.2. The van der Waals surface area contributed by atoms with Crippen LogP contribution in [0.2, 0.25) is 5.02 Å². The lowest BCUT2D eigenvalue weighted by molar-refractivity contribution is -0.140. The lowest BCUT2D eigenvalue weighted by Crippen LogP contribution is -2.53. The summed E-state index contributed by atoms with van der Waals surface area (Å²) in [5.41, 5.74) is 2.81. The Morgan fingerprint density at radius 2 is 1.47 bits per heavy atom. The summed E-state index contributed by atoms with van der Waals surface area (Å²) in [5, 5.41) is 3.50. The predicted octanol–water partition coefficient (Wildman–Crippen LogP) is 6.65. The van der Waals surface area contributed by atoms with Crippen molar-refractivity contribution < 1.29 is 18.0 Å². The highest BCUT2D eigenvalue weighted by Gasteiger charge is 2.35. The minimum absolute atomic E-state index is 0.0622. The van der Waals surface area contributed by atoms with Gasteiger partial charge in [-0.3, -0.25) is 13.9 Å². The number of hydrogen-bond acceptors (Lipinski definition) is 4. The van der Waals surface area contributed by atoms with E-state index in [0.29, 0.717) is 23.7 Å². The topological polar surface area (TPSA) is 86.8 Å². The number of halogens is 1. The number of sulfonamides is 1. The molecule has 7 nitrogen and oxygen atoms in total. The van der Waals surface area contributed by atoms with Crippen LogP contribution in [0, 0.1) is 0 Å². The van der Waals surface area contributed by atoms with Crippen LogP contribution in [0.3, 0.4) is 0 Å². The number of unbranched alkanes of at least 4 members (excludes halogenated alkanes) is 1. The van der Waals surface area contributed by atoms with E-state index in [0.717, 1.165) is 29.5 Å². The molecule has 0 saturated heterocycles. The number of nitrogens with zero attached hydrogens (tertiary/aromatic N) is 2. The summed E-state index contributed by atoms with van der Waals surface area (Å²) >= 11 is 6.32. The fraction of sp³-hybridized carbons (Fsp3) is 0.278. The van der Waals surface area contributed by atoms with Crippen LogP contribution in [-0.4, -0.2) is 44.3 Å². The Bertz CT molecular complexity index is 1670. The minimum atomic E-state index is -4.15. The van der Waals surface area contributed by atoms with Gasteiger partial charge in [-0.2, -0.15) is 0 Å². The van der Waals surface area contributed by atoms with E-state index in [4.69, 9.17) is 11.6 Å². The predicted molar refractivity (Wildman–Crippen MR) is 181 cm³/mol. The third-order valence-corrected chi connectivity index (χ3v) is 9.60. The fourth-order valence-corrected chi connectivity index (χ4v) is 6.86. The number of aryl methyl sites for hydroxylation is 1. The Hall–Kier alpha value is -4.14. The summed E-state index contributed by atoms with van der Waals surface area (Å²) in [6, 6.07) is 31.0. The maximum absolute atomic E-state index is 14.6. The third kappa shape index (κ3) is 8.96. The monoisotopic (exact) mass is 645 g/mol. The Labute approximate surface area is 271 Å². The van der Waals surface area contributed by atoms with Gasteiger partial charge < -0.3 is 10.2 Å². The Morgan fingerprint density at radius 3 is 2.13 bits per heavy atom. The molecular weight excluding hydrogens is 606 g/mol. The Morgan fingerprint density at radius 1 is 0.822 bits per heavy atom. The van der Waals surface area contributed by atoms with Gasteiger partial charge in [-0.05, 0) is 59.9 Å². The SMILES string of the molecule is CCCCNC(=O)C(Cc1ccccc1)N(Cc1cccc(Cl)c1)C(=O)CN(c1ccccc1CC)S(=O)(=O)c1ccccc1. The molecule has 0 aromatic heterocycles. The quantitative estimate of drug-likeness (QED) is 0.147. The van der Waals surface area contributed by atoms with Crippen LogP contribution in [0.5, 0.6) is 0 Å². The van der Waals surface area contributed by atoms with Crippen molar-refractivity contribution in [2.45, 2.75) is 57.0 Å². The average molecular weight is 646 g/mol. The molecule has 0 radical (unpaired) electrons. The summed E-state index contributed by atoms with van der Waals surface area (Å²) in [7, 11) is -4.15. The van der Waals surface area contributed by atoms with Crippen LogP contribution in [-0.2, 0) is 39.0 Å². The molecular formula is C36H40ClN3O4S. The molecule has 0 heterocycles. The van der Waals surface area contributed by atoms with Crippen molar-refractivity contribution in [1.29, 1.82) is 0 Å². The largest absolute Gasteiger partial charge is 0.354 e. The number of nitrogens with one attached hydrogen (secondary N) is 1. The minimum Gasteiger partial charge on any atom is -0.354 e. The Balaban J connectivity index is 1.81. The van der Waals surface area contributed by atoms with Gasteiger partial charge >= 0.3 is 0 Å². The molecule has 4 rings (SSSR count). The summed E-state index contributed by atoms with van der Waals surface area (Å²) in [6.07, 6.45) is 2.51. The van der Waals surface area contributed by atoms with Gasteiger partial charge in [0.05, 0.1) is 10.6 Å². The zero-order chi connectivity index (χ0) is 32.2. The molecule has 4 aromatic rings. The van der Waals surface area contributed by atoms with E-state index in [9.17, 15) is 18.0 Å². The zero-order valence-corrected chi connectivity index (χ0v) is 27.3. The van der Waals surface area contributed by atoms with Gasteiger partial charge in [0.15, 0.2) is 0 Å². The van der Waals surface area contributed by atoms with Gasteiger partial charge in [0, 0.05) is 24.5 Å². The van der Waals surface area contributed by atoms with Gasteiger partial charge in [-0.25, -0.2) is 8.42 Å². The van der Waals surface area contributed by atoms with E-state index in [1.807, 2.05) is 62.4 Å². The van der Waals surface area contributed by atoms with Crippen LogP contribution in [0.25, 0.3) is 0 Å². The van der Waals surface area contributed by atoms with Crippen molar-refractivity contribution in [3.05, 3.63) is 131 Å². The van der Waals surface area contributed by atoms with Crippen LogP contribution >= 0.6 is 11.6 Å². The van der Waals surface area contributed by atoms with Crippen molar-refractivity contribution in [2.75, 3.05) is 17.4 Å². The van der Waals surface area contributed by atoms with E-state index in [-0.39, 0.29) is 23.8 Å². The number of benzene rings is 4. The van der Waals surface area contributed by atoms with Gasteiger partial charge in [0.25, 0.3) is 10.0 Å². The average Bonchev–Trinajstić information content (AvgIpc) is 3.06. The second-order valence-electron chi connectivity index (χ2n) is 10.8. The molecule has 45 heavy (non-hydrogen) atoms. The zero-order valence-electron chi connectivity index (χ0n) is 25.7. The highest BCUT2D eigenvalue weighted by atomic mass is 35.5. The molecule has 1 unspecified atom stereocenters. The first-order valence-corrected chi connectivity index (χ1v) is 17.1. The van der Waals surface area contributed by atoms with Crippen molar-refractivity contribution in [2.24, 2.45) is 0 Å². The molecule has 1 N–H and O–H groups in total. The molecule has 0 saturated carbocycles. The van der Waals surface area contributed by atoms with E-state index < -0.39 is 28.5 Å². The van der Waals surface area contributed by atoms with E-state index in [1.165, 1.54) is 21.3 Å². The second-order valence-corrected chi connectivity index (χ2v) is 13.1. The molecule has 1 atom stereocenters. The van der Waals surface area contributed by atoms with Crippen LogP contribution in [0.1, 0.15) is 43.4 Å². The lowest BCUT2D eigenvalue weighted by atomic mass is 10.0. The molecule has 0 aliphatic carbocycles. The maximum Gasteiger partial charge on any atom is 0.264 e. The van der Waals surface area contributed by atoms with E-state index >= 15 is 0 Å². The van der Waals surface area contributed by atoms with Gasteiger partial charge in [0.2, 0.25) is 11.8 Å². The molecule has 236 valence electrons. The van der Waals surface area contributed by atoms with E-state index in [1.54, 1.807) is 48.5 Å². The molecule has 9 heteroatoms. The number of carbonyl (C=O) groups excluding carboxylic acids is 2. The fourth-order valence-electron chi connectivity index (χ4n) is 5.18. The van der Waals surface area contributed by atoms with Gasteiger partial charge in [0.1, 0.15) is 12.6 Å². The first-order chi connectivity index (χ1) is 21.7. The highest BCUT2D eigenvalue weighted by Crippen LogP contribution is 2.28. The molecule has 0 spiro atoms. The molecule has 4 aromatic carbocycles.